The van der Waals surface area contributed by atoms with Crippen molar-refractivity contribution in [3.05, 3.63) is 56.4 Å². The summed E-state index contributed by atoms with van der Waals surface area (Å²) in [7, 11) is 0. The number of rotatable bonds is 4. The van der Waals surface area contributed by atoms with Crippen molar-refractivity contribution in [2.24, 2.45) is 0 Å². The van der Waals surface area contributed by atoms with E-state index >= 15 is 0 Å². The third kappa shape index (κ3) is 3.23. The molecule has 7 nitrogen and oxygen atoms in total. The van der Waals surface area contributed by atoms with Gasteiger partial charge < -0.3 is 10.4 Å². The van der Waals surface area contributed by atoms with Crippen molar-refractivity contribution < 1.29 is 14.7 Å². The first-order chi connectivity index (χ1) is 12.7. The molecular formula is C19H19N3O4S. The molecule has 0 saturated heterocycles. The van der Waals surface area contributed by atoms with Gasteiger partial charge in [0.1, 0.15) is 16.7 Å². The van der Waals surface area contributed by atoms with E-state index in [0.29, 0.717) is 16.3 Å². The summed E-state index contributed by atoms with van der Waals surface area (Å²) < 4.78 is 1.24. The van der Waals surface area contributed by atoms with E-state index in [4.69, 9.17) is 0 Å². The molecule has 1 amide bonds. The number of aryl methyl sites for hydroxylation is 2. The lowest BCUT2D eigenvalue weighted by Crippen LogP contribution is -2.34. The molecule has 140 valence electrons. The summed E-state index contributed by atoms with van der Waals surface area (Å²) in [5.74, 6) is -1.21. The number of hydrogen-bond acceptors (Lipinski definition) is 5. The lowest BCUT2D eigenvalue weighted by atomic mass is 10.1. The number of benzene rings is 1. The van der Waals surface area contributed by atoms with Gasteiger partial charge in [0.15, 0.2) is 0 Å². The van der Waals surface area contributed by atoms with Crippen molar-refractivity contribution in [1.29, 1.82) is 0 Å². The smallest absolute Gasteiger partial charge is 0.337 e. The Bertz CT molecular complexity index is 1130. The van der Waals surface area contributed by atoms with E-state index in [1.54, 1.807) is 19.9 Å². The van der Waals surface area contributed by atoms with Gasteiger partial charge in [0.25, 0.3) is 5.56 Å². The van der Waals surface area contributed by atoms with Gasteiger partial charge in [-0.1, -0.05) is 12.1 Å². The van der Waals surface area contributed by atoms with Crippen LogP contribution in [0.15, 0.2) is 28.4 Å². The van der Waals surface area contributed by atoms with Crippen LogP contribution in [0.4, 0.5) is 5.69 Å². The number of nitrogens with one attached hydrogen (secondary N) is 1. The number of hydrogen-bond donors (Lipinski definition) is 2. The topological polar surface area (TPSA) is 101 Å². The molecule has 8 heteroatoms. The average Bonchev–Trinajstić information content (AvgIpc) is 3.03. The molecule has 2 N–H and O–H groups in total. The number of amides is 1. The molecule has 0 spiro atoms. The maximum absolute atomic E-state index is 12.9. The van der Waals surface area contributed by atoms with Crippen LogP contribution in [0.1, 0.15) is 40.3 Å². The molecule has 0 radical (unpaired) electrons. The Morgan fingerprint density at radius 1 is 1.26 bits per heavy atom. The van der Waals surface area contributed by atoms with Gasteiger partial charge >= 0.3 is 5.97 Å². The first kappa shape index (κ1) is 18.8. The second kappa shape index (κ2) is 6.96. The average molecular weight is 385 g/mol. The first-order valence-electron chi connectivity index (χ1n) is 8.33. The number of carboxylic acid groups (broad SMARTS) is 1. The minimum absolute atomic E-state index is 0.0319. The van der Waals surface area contributed by atoms with Crippen LogP contribution in [0, 0.1) is 20.8 Å². The van der Waals surface area contributed by atoms with Crippen molar-refractivity contribution in [1.82, 2.24) is 9.55 Å². The largest absolute Gasteiger partial charge is 0.478 e. The highest BCUT2D eigenvalue weighted by molar-refractivity contribution is 7.17. The van der Waals surface area contributed by atoms with Gasteiger partial charge in [-0.05, 0) is 44.9 Å². The minimum Gasteiger partial charge on any atom is -0.478 e. The maximum Gasteiger partial charge on any atom is 0.337 e. The predicted octanol–water partition coefficient (Wildman–Crippen LogP) is 3.28. The van der Waals surface area contributed by atoms with E-state index < -0.39 is 17.6 Å². The summed E-state index contributed by atoms with van der Waals surface area (Å²) in [5.41, 5.74) is 2.04. The molecule has 3 rings (SSSR count). The Balaban J connectivity index is 2.04. The van der Waals surface area contributed by atoms with E-state index in [2.05, 4.69) is 10.3 Å². The quantitative estimate of drug-likeness (QED) is 0.718. The van der Waals surface area contributed by atoms with Gasteiger partial charge in [-0.2, -0.15) is 0 Å². The van der Waals surface area contributed by atoms with Crippen molar-refractivity contribution in [3.8, 4) is 0 Å². The molecule has 2 heterocycles. The molecule has 1 atom stereocenters. The Kier molecular flexibility index (Phi) is 4.84. The first-order valence-corrected chi connectivity index (χ1v) is 9.21. The number of aromatic nitrogens is 2. The van der Waals surface area contributed by atoms with Crippen LogP contribution >= 0.6 is 11.3 Å². The van der Waals surface area contributed by atoms with E-state index in [1.165, 1.54) is 9.95 Å². The molecule has 1 unspecified atom stereocenters. The zero-order valence-corrected chi connectivity index (χ0v) is 16.2. The van der Waals surface area contributed by atoms with Crippen molar-refractivity contribution in [2.75, 3.05) is 5.32 Å². The molecule has 27 heavy (non-hydrogen) atoms. The molecule has 3 aromatic rings. The standard InChI is InChI=1S/C19H19N3O4S/c1-9-6-5-7-14(10(9)2)21-16(23)11(3)22-12(4)20-17-15(18(22)24)13(8-27-17)19(25)26/h5-8,11H,1-4H3,(H,21,23)(H,25,26). The second-order valence-corrected chi connectivity index (χ2v) is 7.24. The fourth-order valence-corrected chi connectivity index (χ4v) is 3.91. The molecule has 0 aliphatic rings. The summed E-state index contributed by atoms with van der Waals surface area (Å²) in [6, 6.07) is 4.74. The van der Waals surface area contributed by atoms with Gasteiger partial charge in [0.2, 0.25) is 5.91 Å². The zero-order chi connectivity index (χ0) is 19.9. The van der Waals surface area contributed by atoms with Gasteiger partial charge in [0.05, 0.1) is 10.9 Å². The highest BCUT2D eigenvalue weighted by Crippen LogP contribution is 2.24. The van der Waals surface area contributed by atoms with Crippen molar-refractivity contribution in [2.45, 2.75) is 33.7 Å². The number of carbonyl (C=O) groups is 2. The van der Waals surface area contributed by atoms with Crippen molar-refractivity contribution in [3.63, 3.8) is 0 Å². The molecule has 1 aromatic carbocycles. The number of nitrogens with zero attached hydrogens (tertiary/aromatic N) is 2. The molecule has 0 aliphatic carbocycles. The highest BCUT2D eigenvalue weighted by atomic mass is 32.1. The van der Waals surface area contributed by atoms with Crippen LogP contribution in [-0.2, 0) is 4.79 Å². The lowest BCUT2D eigenvalue weighted by molar-refractivity contribution is -0.118. The number of anilines is 1. The molecule has 0 bridgehead atoms. The summed E-state index contributed by atoms with van der Waals surface area (Å²) in [4.78, 5) is 41.8. The van der Waals surface area contributed by atoms with Crippen LogP contribution in [0.25, 0.3) is 10.2 Å². The number of aromatic carboxylic acids is 1. The Morgan fingerprint density at radius 2 is 1.96 bits per heavy atom. The summed E-state index contributed by atoms with van der Waals surface area (Å²) in [6.45, 7) is 7.08. The summed E-state index contributed by atoms with van der Waals surface area (Å²) >= 11 is 1.10. The highest BCUT2D eigenvalue weighted by Gasteiger charge is 2.24. The summed E-state index contributed by atoms with van der Waals surface area (Å²) in [5, 5.41) is 13.6. The van der Waals surface area contributed by atoms with E-state index in [1.807, 2.05) is 26.0 Å². The Hall–Kier alpha value is -3.00. The van der Waals surface area contributed by atoms with Gasteiger partial charge in [-0.3, -0.25) is 14.2 Å². The normalized spacial score (nSPS) is 12.1. The van der Waals surface area contributed by atoms with E-state index in [-0.39, 0.29) is 16.9 Å². The van der Waals surface area contributed by atoms with Gasteiger partial charge in [0, 0.05) is 11.1 Å². The minimum atomic E-state index is -1.19. The SMILES string of the molecule is Cc1cccc(NC(=O)C(C)n2c(C)nc3scc(C(=O)O)c3c2=O)c1C. The van der Waals surface area contributed by atoms with Crippen LogP contribution in [0.5, 0.6) is 0 Å². The number of fused-ring (bicyclic) bond motifs is 1. The predicted molar refractivity (Wildman–Crippen MR) is 105 cm³/mol. The van der Waals surface area contributed by atoms with E-state index in [9.17, 15) is 19.5 Å². The van der Waals surface area contributed by atoms with Crippen molar-refractivity contribution >= 4 is 39.1 Å². The molecule has 0 saturated carbocycles. The fraction of sp³-hybridized carbons (Fsp3) is 0.263. The number of thiophene rings is 1. The molecule has 0 aliphatic heterocycles. The van der Waals surface area contributed by atoms with Gasteiger partial charge in [-0.25, -0.2) is 9.78 Å². The monoisotopic (exact) mass is 385 g/mol. The van der Waals surface area contributed by atoms with Crippen LogP contribution in [0.3, 0.4) is 0 Å². The zero-order valence-electron chi connectivity index (χ0n) is 15.4. The molecular weight excluding hydrogens is 366 g/mol. The third-order valence-corrected chi connectivity index (χ3v) is 5.55. The second-order valence-electron chi connectivity index (χ2n) is 6.38. The fourth-order valence-electron chi connectivity index (χ4n) is 2.96. The number of carboxylic acids is 1. The van der Waals surface area contributed by atoms with E-state index in [0.717, 1.165) is 22.5 Å². The Morgan fingerprint density at radius 3 is 2.63 bits per heavy atom. The Labute approximate surface area is 159 Å². The third-order valence-electron chi connectivity index (χ3n) is 4.68. The van der Waals surface area contributed by atoms with Crippen LogP contribution in [0.2, 0.25) is 0 Å². The maximum atomic E-state index is 12.9. The lowest BCUT2D eigenvalue weighted by Gasteiger charge is -2.18. The molecule has 2 aromatic heterocycles. The van der Waals surface area contributed by atoms with Crippen LogP contribution < -0.4 is 10.9 Å². The molecule has 0 fully saturated rings. The van der Waals surface area contributed by atoms with Crippen LogP contribution in [-0.4, -0.2) is 26.5 Å². The number of carbonyl (C=O) groups excluding carboxylic acids is 1. The van der Waals surface area contributed by atoms with Gasteiger partial charge in [-0.15, -0.1) is 11.3 Å². The summed E-state index contributed by atoms with van der Waals surface area (Å²) in [6.07, 6.45) is 0.